The van der Waals surface area contributed by atoms with Crippen LogP contribution in [0.3, 0.4) is 0 Å². The number of nitrogen functional groups attached to an aromatic ring is 1. The van der Waals surface area contributed by atoms with E-state index >= 15 is 0 Å². The first-order chi connectivity index (χ1) is 6.44. The van der Waals surface area contributed by atoms with Gasteiger partial charge in [-0.2, -0.15) is 0 Å². The van der Waals surface area contributed by atoms with Gasteiger partial charge < -0.3 is 10.3 Å². The van der Waals surface area contributed by atoms with E-state index in [9.17, 15) is 13.6 Å². The second kappa shape index (κ2) is 3.77. The minimum Gasteiger partial charge on any atom is -0.394 e. The van der Waals surface area contributed by atoms with Crippen LogP contribution in [0, 0.1) is 0 Å². The summed E-state index contributed by atoms with van der Waals surface area (Å²) in [5, 5.41) is 0. The number of aromatic nitrogens is 1. The minimum atomic E-state index is -2.76. The fraction of sp³-hybridized carbons (Fsp3) is 0.444. The Morgan fingerprint density at radius 2 is 2.21 bits per heavy atom. The van der Waals surface area contributed by atoms with Gasteiger partial charge in [-0.15, -0.1) is 0 Å². The molecular formula is C9H12F2N2O. The lowest BCUT2D eigenvalue weighted by molar-refractivity contribution is -0.0199. The van der Waals surface area contributed by atoms with Gasteiger partial charge in [0.15, 0.2) is 0 Å². The van der Waals surface area contributed by atoms with Crippen molar-refractivity contribution in [2.45, 2.75) is 25.8 Å². The predicted octanol–water partition coefficient (Wildman–Crippen LogP) is 1.48. The summed E-state index contributed by atoms with van der Waals surface area (Å²) < 4.78 is 27.1. The zero-order chi connectivity index (χ0) is 10.8. The number of halogens is 2. The molecule has 3 nitrogen and oxygen atoms in total. The van der Waals surface area contributed by atoms with E-state index in [0.717, 1.165) is 0 Å². The van der Waals surface area contributed by atoms with Crippen molar-refractivity contribution < 1.29 is 8.78 Å². The molecule has 1 rings (SSSR count). The highest BCUT2D eigenvalue weighted by Gasteiger charge is 2.26. The third kappa shape index (κ3) is 2.55. The van der Waals surface area contributed by atoms with Crippen LogP contribution in [-0.2, 0) is 6.54 Å². The lowest BCUT2D eigenvalue weighted by Gasteiger charge is -2.16. The molecular weight excluding hydrogens is 190 g/mol. The van der Waals surface area contributed by atoms with Crippen LogP contribution in [0.4, 0.5) is 14.5 Å². The first-order valence-corrected chi connectivity index (χ1v) is 4.28. The van der Waals surface area contributed by atoms with Gasteiger partial charge in [0.1, 0.15) is 0 Å². The quantitative estimate of drug-likeness (QED) is 0.806. The lowest BCUT2D eigenvalue weighted by atomic mass is 10.2. The van der Waals surface area contributed by atoms with Gasteiger partial charge in [0.25, 0.3) is 5.92 Å². The SMILES string of the molecule is CCC(F)(F)Cn1ccc(=O)c(N)c1. The molecule has 0 radical (unpaired) electrons. The van der Waals surface area contributed by atoms with Crippen LogP contribution in [0.1, 0.15) is 13.3 Å². The van der Waals surface area contributed by atoms with Crippen LogP contribution in [0.25, 0.3) is 0 Å². The molecule has 0 aliphatic carbocycles. The Hall–Kier alpha value is -1.39. The van der Waals surface area contributed by atoms with Gasteiger partial charge in [0.2, 0.25) is 5.43 Å². The molecule has 0 saturated carbocycles. The molecule has 1 heterocycles. The minimum absolute atomic E-state index is 0.0144. The molecule has 0 aromatic carbocycles. The summed E-state index contributed by atoms with van der Waals surface area (Å²) in [5.41, 5.74) is 4.94. The van der Waals surface area contributed by atoms with Gasteiger partial charge in [-0.25, -0.2) is 8.78 Å². The molecule has 0 saturated heterocycles. The van der Waals surface area contributed by atoms with Gasteiger partial charge in [-0.1, -0.05) is 6.92 Å². The number of pyridine rings is 1. The highest BCUT2D eigenvalue weighted by molar-refractivity contribution is 5.33. The van der Waals surface area contributed by atoms with Gasteiger partial charge in [0.05, 0.1) is 12.2 Å². The number of nitrogens with zero attached hydrogens (tertiary/aromatic N) is 1. The average molecular weight is 202 g/mol. The maximum absolute atomic E-state index is 12.9. The highest BCUT2D eigenvalue weighted by atomic mass is 19.3. The second-order valence-corrected chi connectivity index (χ2v) is 3.15. The van der Waals surface area contributed by atoms with Crippen molar-refractivity contribution in [2.75, 3.05) is 5.73 Å². The summed E-state index contributed by atoms with van der Waals surface area (Å²) in [6.07, 6.45) is 2.30. The molecule has 0 unspecified atom stereocenters. The Morgan fingerprint density at radius 1 is 1.57 bits per heavy atom. The molecule has 1 aromatic heterocycles. The number of rotatable bonds is 3. The van der Waals surface area contributed by atoms with Crippen LogP contribution in [-0.4, -0.2) is 10.5 Å². The van der Waals surface area contributed by atoms with Gasteiger partial charge in [-0.05, 0) is 0 Å². The zero-order valence-electron chi connectivity index (χ0n) is 7.84. The van der Waals surface area contributed by atoms with Crippen molar-refractivity contribution in [1.82, 2.24) is 4.57 Å². The molecule has 14 heavy (non-hydrogen) atoms. The van der Waals surface area contributed by atoms with Gasteiger partial charge >= 0.3 is 0 Å². The van der Waals surface area contributed by atoms with E-state index in [1.807, 2.05) is 0 Å². The number of alkyl halides is 2. The first kappa shape index (κ1) is 10.7. The molecule has 0 aliphatic heterocycles. The maximum atomic E-state index is 12.9. The molecule has 2 N–H and O–H groups in total. The van der Waals surface area contributed by atoms with E-state index in [-0.39, 0.29) is 17.5 Å². The van der Waals surface area contributed by atoms with E-state index in [1.54, 1.807) is 0 Å². The Kier molecular flexibility index (Phi) is 2.88. The van der Waals surface area contributed by atoms with E-state index in [1.165, 1.54) is 30.0 Å². The van der Waals surface area contributed by atoms with E-state index < -0.39 is 12.5 Å². The first-order valence-electron chi connectivity index (χ1n) is 4.28. The molecule has 0 atom stereocenters. The van der Waals surface area contributed by atoms with Crippen LogP contribution in [0.2, 0.25) is 0 Å². The van der Waals surface area contributed by atoms with Crippen molar-refractivity contribution >= 4 is 5.69 Å². The number of nitrogens with two attached hydrogens (primary N) is 1. The number of hydrogen-bond donors (Lipinski definition) is 1. The van der Waals surface area contributed by atoms with Crippen LogP contribution in [0.15, 0.2) is 23.3 Å². The fourth-order valence-electron chi connectivity index (χ4n) is 1.02. The summed E-state index contributed by atoms with van der Waals surface area (Å²) in [5.74, 6) is -2.76. The smallest absolute Gasteiger partial charge is 0.265 e. The number of hydrogen-bond acceptors (Lipinski definition) is 2. The maximum Gasteiger partial charge on any atom is 0.265 e. The lowest BCUT2D eigenvalue weighted by Crippen LogP contribution is -2.23. The molecule has 0 spiro atoms. The van der Waals surface area contributed by atoms with E-state index in [2.05, 4.69) is 0 Å². The highest BCUT2D eigenvalue weighted by Crippen LogP contribution is 2.19. The van der Waals surface area contributed by atoms with E-state index in [0.29, 0.717) is 0 Å². The average Bonchev–Trinajstić information content (AvgIpc) is 2.11. The summed E-state index contributed by atoms with van der Waals surface area (Å²) in [6, 6.07) is 1.18. The molecule has 1 aromatic rings. The third-order valence-electron chi connectivity index (χ3n) is 1.94. The molecule has 0 fully saturated rings. The van der Waals surface area contributed by atoms with Crippen LogP contribution in [0.5, 0.6) is 0 Å². The standard InChI is InChI=1S/C9H12F2N2O/c1-2-9(10,11)6-13-4-3-8(14)7(12)5-13/h3-5H,2,6,12H2,1H3. The van der Waals surface area contributed by atoms with Crippen molar-refractivity contribution in [3.63, 3.8) is 0 Å². The molecule has 0 aliphatic rings. The Balaban J connectivity index is 2.88. The predicted molar refractivity (Wildman–Crippen MR) is 50.4 cm³/mol. The molecule has 0 amide bonds. The molecule has 78 valence electrons. The Morgan fingerprint density at radius 3 is 2.71 bits per heavy atom. The number of anilines is 1. The van der Waals surface area contributed by atoms with Crippen LogP contribution >= 0.6 is 0 Å². The molecule has 0 bridgehead atoms. The van der Waals surface area contributed by atoms with Crippen molar-refractivity contribution in [3.8, 4) is 0 Å². The van der Waals surface area contributed by atoms with Crippen LogP contribution < -0.4 is 11.2 Å². The van der Waals surface area contributed by atoms with Gasteiger partial charge in [0, 0.05) is 24.9 Å². The summed E-state index contributed by atoms with van der Waals surface area (Å²) in [7, 11) is 0. The fourth-order valence-corrected chi connectivity index (χ4v) is 1.02. The molecule has 5 heteroatoms. The largest absolute Gasteiger partial charge is 0.394 e. The summed E-state index contributed by atoms with van der Waals surface area (Å²) >= 11 is 0. The van der Waals surface area contributed by atoms with Crippen molar-refractivity contribution in [1.29, 1.82) is 0 Å². The normalized spacial score (nSPS) is 11.6. The third-order valence-corrected chi connectivity index (χ3v) is 1.94. The summed E-state index contributed by atoms with van der Waals surface area (Å²) in [4.78, 5) is 10.9. The monoisotopic (exact) mass is 202 g/mol. The van der Waals surface area contributed by atoms with Crippen molar-refractivity contribution in [2.24, 2.45) is 0 Å². The Labute approximate surface area is 80.2 Å². The topological polar surface area (TPSA) is 48.0 Å². The Bertz CT molecular complexity index is 373. The summed E-state index contributed by atoms with van der Waals surface area (Å²) in [6.45, 7) is 0.958. The van der Waals surface area contributed by atoms with E-state index in [4.69, 9.17) is 5.73 Å². The van der Waals surface area contributed by atoms with Crippen molar-refractivity contribution in [3.05, 3.63) is 28.7 Å². The zero-order valence-corrected chi connectivity index (χ0v) is 7.84. The van der Waals surface area contributed by atoms with Gasteiger partial charge in [-0.3, -0.25) is 4.79 Å². The second-order valence-electron chi connectivity index (χ2n) is 3.15.